The van der Waals surface area contributed by atoms with Gasteiger partial charge in [0.15, 0.2) is 0 Å². The maximum absolute atomic E-state index is 12.2. The lowest BCUT2D eigenvalue weighted by atomic mass is 10.1. The van der Waals surface area contributed by atoms with Crippen LogP contribution in [0, 0.1) is 6.92 Å². The number of nitrogens with zero attached hydrogens (tertiary/aromatic N) is 3. The molecular formula is C15H26N4O2. The van der Waals surface area contributed by atoms with Gasteiger partial charge in [-0.3, -0.25) is 14.4 Å². The zero-order valence-electron chi connectivity index (χ0n) is 13.6. The molecule has 1 aromatic heterocycles. The molecule has 1 N–H and O–H groups in total. The van der Waals surface area contributed by atoms with Crippen LogP contribution in [-0.4, -0.2) is 58.5 Å². The number of hydrogen-bond donors (Lipinski definition) is 1. The number of nitrogens with one attached hydrogen (secondary N) is 1. The summed E-state index contributed by atoms with van der Waals surface area (Å²) in [5.41, 5.74) is 1.53. The number of carbonyl (C=O) groups excluding carboxylic acids is 1. The lowest BCUT2D eigenvalue weighted by molar-refractivity contribution is -0.0778. The highest BCUT2D eigenvalue weighted by Crippen LogP contribution is 2.13. The number of morpholine rings is 1. The molecule has 1 saturated heterocycles. The predicted octanol–water partition coefficient (Wildman–Crippen LogP) is 0.956. The maximum atomic E-state index is 12.2. The molecule has 1 amide bonds. The number of amides is 1. The van der Waals surface area contributed by atoms with Crippen molar-refractivity contribution in [1.29, 1.82) is 0 Å². The van der Waals surface area contributed by atoms with Crippen LogP contribution < -0.4 is 5.32 Å². The number of hydrogen-bond acceptors (Lipinski definition) is 4. The average Bonchev–Trinajstić information content (AvgIpc) is 2.75. The van der Waals surface area contributed by atoms with E-state index in [1.165, 1.54) is 0 Å². The normalized spacial score (nSPS) is 24.8. The first-order chi connectivity index (χ1) is 9.88. The molecule has 21 heavy (non-hydrogen) atoms. The number of ether oxygens (including phenoxy) is 1. The molecule has 2 heterocycles. The van der Waals surface area contributed by atoms with E-state index in [0.717, 1.165) is 18.8 Å². The molecule has 0 aromatic carbocycles. The molecule has 3 atom stereocenters. The van der Waals surface area contributed by atoms with Gasteiger partial charge in [0.25, 0.3) is 5.91 Å². The van der Waals surface area contributed by atoms with E-state index in [9.17, 15) is 4.79 Å². The van der Waals surface area contributed by atoms with Gasteiger partial charge in [-0.05, 0) is 27.7 Å². The molecule has 0 unspecified atom stereocenters. The third-order valence-electron chi connectivity index (χ3n) is 4.11. The van der Waals surface area contributed by atoms with Crippen LogP contribution in [0.3, 0.4) is 0 Å². The largest absolute Gasteiger partial charge is 0.373 e. The van der Waals surface area contributed by atoms with E-state index in [1.807, 2.05) is 14.0 Å². The topological polar surface area (TPSA) is 59.4 Å². The second-order valence-corrected chi connectivity index (χ2v) is 6.04. The van der Waals surface area contributed by atoms with Crippen molar-refractivity contribution in [1.82, 2.24) is 20.0 Å². The molecule has 1 fully saturated rings. The van der Waals surface area contributed by atoms with Crippen molar-refractivity contribution in [3.8, 4) is 0 Å². The minimum atomic E-state index is -0.0539. The van der Waals surface area contributed by atoms with Crippen molar-refractivity contribution in [2.45, 2.75) is 45.9 Å². The van der Waals surface area contributed by atoms with Crippen LogP contribution in [0.1, 0.15) is 36.8 Å². The van der Waals surface area contributed by atoms with Gasteiger partial charge in [-0.25, -0.2) is 0 Å². The molecule has 2 rings (SSSR count). The van der Waals surface area contributed by atoms with Crippen molar-refractivity contribution in [2.75, 3.05) is 19.6 Å². The van der Waals surface area contributed by atoms with E-state index in [1.54, 1.807) is 10.9 Å². The van der Waals surface area contributed by atoms with Gasteiger partial charge < -0.3 is 10.1 Å². The molecule has 6 heteroatoms. The Morgan fingerprint density at radius 3 is 2.62 bits per heavy atom. The summed E-state index contributed by atoms with van der Waals surface area (Å²) in [4.78, 5) is 14.6. The zero-order chi connectivity index (χ0) is 15.6. The van der Waals surface area contributed by atoms with Gasteiger partial charge in [0.05, 0.1) is 24.0 Å². The first-order valence-corrected chi connectivity index (χ1v) is 7.54. The Hall–Kier alpha value is -1.40. The Kier molecular flexibility index (Phi) is 5.00. The quantitative estimate of drug-likeness (QED) is 0.898. The molecule has 6 nitrogen and oxygen atoms in total. The molecule has 118 valence electrons. The SMILES string of the molecule is Cc1c(C(=O)NC[C@H](C)N2C[C@@H](C)O[C@H](C)C2)cnn1C. The van der Waals surface area contributed by atoms with Gasteiger partial charge in [0.1, 0.15) is 0 Å². The van der Waals surface area contributed by atoms with Crippen LogP contribution in [0.2, 0.25) is 0 Å². The van der Waals surface area contributed by atoms with E-state index < -0.39 is 0 Å². The van der Waals surface area contributed by atoms with Crippen LogP contribution >= 0.6 is 0 Å². The summed E-state index contributed by atoms with van der Waals surface area (Å²) in [6.45, 7) is 10.7. The Labute approximate surface area is 126 Å². The van der Waals surface area contributed by atoms with Gasteiger partial charge in [-0.15, -0.1) is 0 Å². The predicted molar refractivity (Wildman–Crippen MR) is 81.3 cm³/mol. The maximum Gasteiger partial charge on any atom is 0.254 e. The summed E-state index contributed by atoms with van der Waals surface area (Å²) in [7, 11) is 1.84. The summed E-state index contributed by atoms with van der Waals surface area (Å²) >= 11 is 0. The van der Waals surface area contributed by atoms with Gasteiger partial charge in [-0.1, -0.05) is 0 Å². The fourth-order valence-corrected chi connectivity index (χ4v) is 2.76. The lowest BCUT2D eigenvalue weighted by Gasteiger charge is -2.38. The van der Waals surface area contributed by atoms with Crippen LogP contribution in [0.15, 0.2) is 6.20 Å². The third-order valence-corrected chi connectivity index (χ3v) is 4.11. The van der Waals surface area contributed by atoms with Gasteiger partial charge in [-0.2, -0.15) is 5.10 Å². The minimum Gasteiger partial charge on any atom is -0.373 e. The first kappa shape index (κ1) is 16.0. The third kappa shape index (κ3) is 3.83. The van der Waals surface area contributed by atoms with Gasteiger partial charge in [0.2, 0.25) is 0 Å². The highest BCUT2D eigenvalue weighted by atomic mass is 16.5. The van der Waals surface area contributed by atoms with Gasteiger partial charge in [0, 0.05) is 38.4 Å². The second kappa shape index (κ2) is 6.58. The molecule has 0 aliphatic carbocycles. The minimum absolute atomic E-state index is 0.0539. The standard InChI is InChI=1S/C15H26N4O2/c1-10(19-8-11(2)21-12(3)9-19)6-16-15(20)14-7-17-18(5)13(14)4/h7,10-12H,6,8-9H2,1-5H3,(H,16,20)/t10-,11+,12+/m0/s1. The smallest absolute Gasteiger partial charge is 0.254 e. The van der Waals surface area contributed by atoms with Crippen molar-refractivity contribution < 1.29 is 9.53 Å². The summed E-state index contributed by atoms with van der Waals surface area (Å²) in [6.07, 6.45) is 2.11. The highest BCUT2D eigenvalue weighted by molar-refractivity contribution is 5.95. The van der Waals surface area contributed by atoms with Crippen molar-refractivity contribution in [3.63, 3.8) is 0 Å². The molecule has 0 spiro atoms. The lowest BCUT2D eigenvalue weighted by Crippen LogP contribution is -2.52. The highest BCUT2D eigenvalue weighted by Gasteiger charge is 2.26. The Morgan fingerprint density at radius 1 is 1.48 bits per heavy atom. The van der Waals surface area contributed by atoms with Crippen LogP contribution in [0.25, 0.3) is 0 Å². The number of aromatic nitrogens is 2. The Balaban J connectivity index is 1.87. The monoisotopic (exact) mass is 294 g/mol. The molecule has 1 aromatic rings. The molecule has 0 saturated carbocycles. The van der Waals surface area contributed by atoms with E-state index in [0.29, 0.717) is 18.2 Å². The van der Waals surface area contributed by atoms with Crippen molar-refractivity contribution in [3.05, 3.63) is 17.5 Å². The number of carbonyl (C=O) groups is 1. The fraction of sp³-hybridized carbons (Fsp3) is 0.733. The molecule has 1 aliphatic rings. The van der Waals surface area contributed by atoms with Gasteiger partial charge >= 0.3 is 0 Å². The van der Waals surface area contributed by atoms with Crippen LogP contribution in [0.5, 0.6) is 0 Å². The Bertz CT molecular complexity index is 490. The second-order valence-electron chi connectivity index (χ2n) is 6.04. The molecular weight excluding hydrogens is 268 g/mol. The summed E-state index contributed by atoms with van der Waals surface area (Å²) in [6, 6.07) is 0.291. The number of rotatable bonds is 4. The van der Waals surface area contributed by atoms with Crippen molar-refractivity contribution in [2.24, 2.45) is 7.05 Å². The summed E-state index contributed by atoms with van der Waals surface area (Å²) < 4.78 is 7.45. The first-order valence-electron chi connectivity index (χ1n) is 7.54. The van der Waals surface area contributed by atoms with E-state index >= 15 is 0 Å². The summed E-state index contributed by atoms with van der Waals surface area (Å²) in [5.74, 6) is -0.0539. The average molecular weight is 294 g/mol. The zero-order valence-corrected chi connectivity index (χ0v) is 13.6. The molecule has 1 aliphatic heterocycles. The van der Waals surface area contributed by atoms with Crippen molar-refractivity contribution >= 4 is 5.91 Å². The summed E-state index contributed by atoms with van der Waals surface area (Å²) in [5, 5.41) is 7.11. The molecule has 0 bridgehead atoms. The number of aryl methyl sites for hydroxylation is 1. The molecule has 0 radical (unpaired) electrons. The van der Waals surface area contributed by atoms with E-state index in [-0.39, 0.29) is 18.1 Å². The van der Waals surface area contributed by atoms with Crippen LogP contribution in [-0.2, 0) is 11.8 Å². The Morgan fingerprint density at radius 2 is 2.10 bits per heavy atom. The fourth-order valence-electron chi connectivity index (χ4n) is 2.76. The van der Waals surface area contributed by atoms with Crippen LogP contribution in [0.4, 0.5) is 0 Å². The van der Waals surface area contributed by atoms with E-state index in [4.69, 9.17) is 4.74 Å². The van der Waals surface area contributed by atoms with E-state index in [2.05, 4.69) is 36.1 Å².